The van der Waals surface area contributed by atoms with Crippen molar-refractivity contribution in [2.45, 2.75) is 0 Å². The molecule has 1 nitrogen and oxygen atoms in total. The Bertz CT molecular complexity index is 181. The van der Waals surface area contributed by atoms with Crippen LogP contribution in [-0.4, -0.2) is 23.6 Å². The zero-order valence-corrected chi connectivity index (χ0v) is 9.51. The van der Waals surface area contributed by atoms with E-state index in [-0.39, 0.29) is 54.6 Å². The molecule has 0 amide bonds. The summed E-state index contributed by atoms with van der Waals surface area (Å²) in [4.78, 5) is 10.0. The fraction of sp³-hybridized carbons (Fsp3) is 0. The molecule has 12 heavy (non-hydrogen) atoms. The first kappa shape index (κ1) is 22.8. The molecule has 1 aromatic rings. The van der Waals surface area contributed by atoms with Crippen LogP contribution in [0.4, 0.5) is 0 Å². The molecule has 0 bridgehead atoms. The standard InChI is InChI=1S/C7H6O.Al.3ClH/c8-6-7-4-2-1-3-5-7;;;;/h1-6H;;3*1H/q;+3;;;/p-3. The van der Waals surface area contributed by atoms with Gasteiger partial charge in [0.2, 0.25) is 0 Å². The zero-order chi connectivity index (χ0) is 5.82. The van der Waals surface area contributed by atoms with E-state index in [1.54, 1.807) is 12.1 Å². The summed E-state index contributed by atoms with van der Waals surface area (Å²) in [7, 11) is 0. The molecule has 0 saturated carbocycles. The second-order valence-corrected chi connectivity index (χ2v) is 1.53. The first-order valence-electron chi connectivity index (χ1n) is 2.44. The Morgan fingerprint density at radius 1 is 0.917 bits per heavy atom. The van der Waals surface area contributed by atoms with E-state index in [2.05, 4.69) is 0 Å². The Balaban J connectivity index is -0.0000000800. The van der Waals surface area contributed by atoms with Crippen molar-refractivity contribution >= 4 is 23.6 Å². The van der Waals surface area contributed by atoms with Crippen LogP contribution in [0.3, 0.4) is 0 Å². The molecule has 0 N–H and O–H groups in total. The second kappa shape index (κ2) is 13.9. The molecule has 0 heterocycles. The largest absolute Gasteiger partial charge is 3.00 e. The molecule has 0 unspecified atom stereocenters. The maximum absolute atomic E-state index is 10.0. The predicted octanol–water partition coefficient (Wildman–Crippen LogP) is -7.87. The van der Waals surface area contributed by atoms with E-state index in [1.165, 1.54) is 0 Å². The third kappa shape index (κ3) is 8.39. The van der Waals surface area contributed by atoms with Gasteiger partial charge in [-0.3, -0.25) is 4.79 Å². The third-order valence-electron chi connectivity index (χ3n) is 0.936. The number of aldehydes is 1. The smallest absolute Gasteiger partial charge is 1.00 e. The van der Waals surface area contributed by atoms with E-state index in [4.69, 9.17) is 0 Å². The Hall–Kier alpha value is 0.292. The van der Waals surface area contributed by atoms with Gasteiger partial charge in [-0.15, -0.1) is 0 Å². The predicted molar refractivity (Wildman–Crippen MR) is 37.6 cm³/mol. The molecule has 0 aliphatic heterocycles. The summed E-state index contributed by atoms with van der Waals surface area (Å²) in [5.74, 6) is 0. The summed E-state index contributed by atoms with van der Waals surface area (Å²) < 4.78 is 0. The van der Waals surface area contributed by atoms with Crippen LogP contribution < -0.4 is 37.2 Å². The number of hydrogen-bond acceptors (Lipinski definition) is 1. The molecule has 0 fully saturated rings. The maximum atomic E-state index is 10.0. The van der Waals surface area contributed by atoms with Crippen LogP contribution in [0.5, 0.6) is 0 Å². The number of carbonyl (C=O) groups is 1. The summed E-state index contributed by atoms with van der Waals surface area (Å²) in [6.07, 6.45) is 0.833. The first-order chi connectivity index (χ1) is 3.93. The summed E-state index contributed by atoms with van der Waals surface area (Å²) in [5.41, 5.74) is 0.729. The van der Waals surface area contributed by atoms with E-state index >= 15 is 0 Å². The molecule has 1 rings (SSSR count). The average Bonchev–Trinajstić information content (AvgIpc) is 1.90. The normalized spacial score (nSPS) is 5.67. The van der Waals surface area contributed by atoms with Crippen molar-refractivity contribution in [1.29, 1.82) is 0 Å². The van der Waals surface area contributed by atoms with Gasteiger partial charge >= 0.3 is 17.4 Å². The van der Waals surface area contributed by atoms with Crippen LogP contribution in [0.25, 0.3) is 0 Å². The molecule has 0 spiro atoms. The minimum Gasteiger partial charge on any atom is -1.00 e. The van der Waals surface area contributed by atoms with Crippen molar-refractivity contribution in [2.75, 3.05) is 0 Å². The molecule has 0 atom stereocenters. The third-order valence-corrected chi connectivity index (χ3v) is 0.936. The van der Waals surface area contributed by atoms with Crippen molar-refractivity contribution < 1.29 is 42.0 Å². The molecule has 5 heteroatoms. The molecule has 0 aliphatic carbocycles. The minimum atomic E-state index is 0. The van der Waals surface area contributed by atoms with Gasteiger partial charge in [0.25, 0.3) is 0 Å². The van der Waals surface area contributed by atoms with Crippen LogP contribution in [0.15, 0.2) is 30.3 Å². The number of halogens is 3. The summed E-state index contributed by atoms with van der Waals surface area (Å²) in [6, 6.07) is 9.10. The van der Waals surface area contributed by atoms with E-state index in [9.17, 15) is 4.79 Å². The fourth-order valence-electron chi connectivity index (χ4n) is 0.532. The number of hydrogen-bond donors (Lipinski definition) is 0. The van der Waals surface area contributed by atoms with Gasteiger partial charge < -0.3 is 37.2 Å². The molecule has 0 aliphatic rings. The molecule has 1 aromatic carbocycles. The van der Waals surface area contributed by atoms with Crippen LogP contribution in [-0.2, 0) is 0 Å². The average molecular weight is 239 g/mol. The van der Waals surface area contributed by atoms with Crippen molar-refractivity contribution in [2.24, 2.45) is 0 Å². The molecular formula is C7H6AlCl3O. The van der Waals surface area contributed by atoms with E-state index in [1.807, 2.05) is 18.2 Å². The van der Waals surface area contributed by atoms with E-state index in [0.29, 0.717) is 0 Å². The van der Waals surface area contributed by atoms with Crippen LogP contribution in [0.1, 0.15) is 10.4 Å². The molecular weight excluding hydrogens is 233 g/mol. The molecule has 64 valence electrons. The fourth-order valence-corrected chi connectivity index (χ4v) is 0.532. The number of benzene rings is 1. The second-order valence-electron chi connectivity index (χ2n) is 1.53. The summed E-state index contributed by atoms with van der Waals surface area (Å²) >= 11 is 0. The molecule has 0 aromatic heterocycles. The van der Waals surface area contributed by atoms with Crippen molar-refractivity contribution in [3.63, 3.8) is 0 Å². The monoisotopic (exact) mass is 238 g/mol. The Kier molecular flexibility index (Phi) is 26.3. The molecule has 0 saturated heterocycles. The minimum absolute atomic E-state index is 0. The van der Waals surface area contributed by atoms with Crippen LogP contribution in [0.2, 0.25) is 0 Å². The van der Waals surface area contributed by atoms with E-state index < -0.39 is 0 Å². The van der Waals surface area contributed by atoms with Crippen molar-refractivity contribution in [3.05, 3.63) is 35.9 Å². The summed E-state index contributed by atoms with van der Waals surface area (Å²) in [5, 5.41) is 0. The Morgan fingerprint density at radius 2 is 1.33 bits per heavy atom. The van der Waals surface area contributed by atoms with E-state index in [0.717, 1.165) is 11.8 Å². The molecule has 0 radical (unpaired) electrons. The van der Waals surface area contributed by atoms with Gasteiger partial charge in [-0.2, -0.15) is 0 Å². The topological polar surface area (TPSA) is 17.1 Å². The SMILES string of the molecule is O=Cc1ccccc1.[Al+3].[Cl-].[Cl-].[Cl-]. The maximum Gasteiger partial charge on any atom is 3.00 e. The van der Waals surface area contributed by atoms with Gasteiger partial charge in [0.1, 0.15) is 6.29 Å². The van der Waals surface area contributed by atoms with Gasteiger partial charge in [0.15, 0.2) is 0 Å². The Morgan fingerprint density at radius 3 is 1.58 bits per heavy atom. The van der Waals surface area contributed by atoms with Gasteiger partial charge in [-0.05, 0) is 0 Å². The summed E-state index contributed by atoms with van der Waals surface area (Å²) in [6.45, 7) is 0. The van der Waals surface area contributed by atoms with Crippen molar-refractivity contribution in [1.82, 2.24) is 0 Å². The van der Waals surface area contributed by atoms with Gasteiger partial charge in [0, 0.05) is 5.56 Å². The number of carbonyl (C=O) groups excluding carboxylic acids is 1. The van der Waals surface area contributed by atoms with Gasteiger partial charge in [-0.1, -0.05) is 30.3 Å². The van der Waals surface area contributed by atoms with Gasteiger partial charge in [0.05, 0.1) is 0 Å². The zero-order valence-electron chi connectivity index (χ0n) is 6.08. The van der Waals surface area contributed by atoms with Gasteiger partial charge in [-0.25, -0.2) is 0 Å². The van der Waals surface area contributed by atoms with Crippen LogP contribution >= 0.6 is 0 Å². The Labute approximate surface area is 101 Å². The first-order valence-corrected chi connectivity index (χ1v) is 2.44. The van der Waals surface area contributed by atoms with Crippen LogP contribution in [0, 0.1) is 0 Å². The quantitative estimate of drug-likeness (QED) is 0.352. The van der Waals surface area contributed by atoms with Crippen molar-refractivity contribution in [3.8, 4) is 0 Å². The number of rotatable bonds is 1.